The van der Waals surface area contributed by atoms with Crippen LogP contribution in [0.5, 0.6) is 0 Å². The number of hydrogen-bond donors (Lipinski definition) is 1. The monoisotopic (exact) mass is 328 g/mol. The van der Waals surface area contributed by atoms with Crippen molar-refractivity contribution in [2.24, 2.45) is 7.05 Å². The van der Waals surface area contributed by atoms with Crippen molar-refractivity contribution in [1.82, 2.24) is 20.1 Å². The van der Waals surface area contributed by atoms with Crippen molar-refractivity contribution in [1.29, 1.82) is 0 Å². The molecule has 0 saturated heterocycles. The molecule has 1 atom stereocenters. The van der Waals surface area contributed by atoms with Gasteiger partial charge in [0.25, 0.3) is 0 Å². The van der Waals surface area contributed by atoms with Gasteiger partial charge in [-0.15, -0.1) is 10.2 Å². The predicted molar refractivity (Wildman–Crippen MR) is 75.4 cm³/mol. The highest BCUT2D eigenvalue weighted by atomic mass is 79.9. The van der Waals surface area contributed by atoms with Crippen LogP contribution in [0.25, 0.3) is 0 Å². The Bertz CT molecular complexity index is 541. The summed E-state index contributed by atoms with van der Waals surface area (Å²) in [4.78, 5) is 0. The number of hydrogen-bond acceptors (Lipinski definition) is 3. The van der Waals surface area contributed by atoms with Crippen LogP contribution < -0.4 is 5.32 Å². The van der Waals surface area contributed by atoms with Crippen LogP contribution in [0, 0.1) is 0 Å². The van der Waals surface area contributed by atoms with E-state index in [2.05, 4.69) is 38.4 Å². The van der Waals surface area contributed by atoms with E-state index in [-0.39, 0.29) is 6.04 Å². The Morgan fingerprint density at radius 3 is 2.94 bits per heavy atom. The van der Waals surface area contributed by atoms with E-state index in [4.69, 9.17) is 11.6 Å². The third kappa shape index (κ3) is 3.10. The van der Waals surface area contributed by atoms with Crippen molar-refractivity contribution in [3.8, 4) is 0 Å². The van der Waals surface area contributed by atoms with E-state index in [1.165, 1.54) is 0 Å². The van der Waals surface area contributed by atoms with Crippen LogP contribution in [0.2, 0.25) is 5.02 Å². The van der Waals surface area contributed by atoms with Gasteiger partial charge in [0.15, 0.2) is 0 Å². The zero-order valence-corrected chi connectivity index (χ0v) is 12.5. The molecule has 2 aromatic rings. The van der Waals surface area contributed by atoms with Gasteiger partial charge in [0.2, 0.25) is 0 Å². The topological polar surface area (TPSA) is 42.7 Å². The van der Waals surface area contributed by atoms with Crippen LogP contribution >= 0.6 is 27.5 Å². The van der Waals surface area contributed by atoms with Crippen LogP contribution in [0.3, 0.4) is 0 Å². The van der Waals surface area contributed by atoms with Gasteiger partial charge in [0, 0.05) is 23.1 Å². The molecule has 1 aromatic heterocycles. The first-order chi connectivity index (χ1) is 8.58. The van der Waals surface area contributed by atoms with Gasteiger partial charge in [0.1, 0.15) is 12.2 Å². The third-order valence-electron chi connectivity index (χ3n) is 2.74. The Balaban J connectivity index is 2.03. The molecule has 0 aliphatic carbocycles. The van der Waals surface area contributed by atoms with Crippen molar-refractivity contribution >= 4 is 27.5 Å². The Hall–Kier alpha value is -0.910. The fourth-order valence-electron chi connectivity index (χ4n) is 1.72. The number of nitrogens with zero attached hydrogens (tertiary/aromatic N) is 3. The Morgan fingerprint density at radius 2 is 2.28 bits per heavy atom. The van der Waals surface area contributed by atoms with Crippen LogP contribution in [0.1, 0.15) is 24.4 Å². The molecule has 1 N–H and O–H groups in total. The Kier molecular flexibility index (Phi) is 4.37. The van der Waals surface area contributed by atoms with Crippen molar-refractivity contribution < 1.29 is 0 Å². The lowest BCUT2D eigenvalue weighted by atomic mass is 10.2. The lowest BCUT2D eigenvalue weighted by Crippen LogP contribution is -2.21. The highest BCUT2D eigenvalue weighted by Gasteiger charge is 2.11. The second-order valence-corrected chi connectivity index (χ2v) is 5.46. The normalized spacial score (nSPS) is 12.7. The number of halogens is 2. The molecule has 2 rings (SSSR count). The molecule has 18 heavy (non-hydrogen) atoms. The third-order valence-corrected chi connectivity index (χ3v) is 3.60. The molecule has 96 valence electrons. The molecule has 0 fully saturated rings. The highest BCUT2D eigenvalue weighted by Crippen LogP contribution is 2.21. The molecule has 1 unspecified atom stereocenters. The SMILES string of the molecule is CC(NCc1cc(Br)ccc1Cl)c1nncn1C. The molecule has 1 heterocycles. The summed E-state index contributed by atoms with van der Waals surface area (Å²) in [6.07, 6.45) is 1.69. The van der Waals surface area contributed by atoms with Crippen LogP contribution in [-0.4, -0.2) is 14.8 Å². The number of aromatic nitrogens is 3. The Morgan fingerprint density at radius 1 is 1.50 bits per heavy atom. The van der Waals surface area contributed by atoms with E-state index < -0.39 is 0 Å². The quantitative estimate of drug-likeness (QED) is 0.937. The molecule has 0 bridgehead atoms. The standard InChI is InChI=1S/C12H14BrClN4/c1-8(12-17-16-7-18(12)2)15-6-9-5-10(13)3-4-11(9)14/h3-5,7-8,15H,6H2,1-2H3. The highest BCUT2D eigenvalue weighted by molar-refractivity contribution is 9.10. The van der Waals surface area contributed by atoms with Crippen LogP contribution in [0.4, 0.5) is 0 Å². The van der Waals surface area contributed by atoms with Gasteiger partial charge >= 0.3 is 0 Å². The van der Waals surface area contributed by atoms with Gasteiger partial charge in [-0.1, -0.05) is 27.5 Å². The van der Waals surface area contributed by atoms with Gasteiger partial charge in [-0.3, -0.25) is 0 Å². The summed E-state index contributed by atoms with van der Waals surface area (Å²) in [6.45, 7) is 2.74. The van der Waals surface area contributed by atoms with E-state index in [1.54, 1.807) is 6.33 Å². The second kappa shape index (κ2) is 5.82. The molecule has 0 saturated carbocycles. The van der Waals surface area contributed by atoms with Gasteiger partial charge in [-0.2, -0.15) is 0 Å². The zero-order valence-electron chi connectivity index (χ0n) is 10.2. The van der Waals surface area contributed by atoms with E-state index in [0.29, 0.717) is 6.54 Å². The summed E-state index contributed by atoms with van der Waals surface area (Å²) in [5, 5.41) is 12.1. The Labute approximate surface area is 119 Å². The largest absolute Gasteiger partial charge is 0.319 e. The smallest absolute Gasteiger partial charge is 0.149 e. The maximum absolute atomic E-state index is 6.14. The van der Waals surface area contributed by atoms with Crippen molar-refractivity contribution in [2.45, 2.75) is 19.5 Å². The zero-order chi connectivity index (χ0) is 13.1. The van der Waals surface area contributed by atoms with Gasteiger partial charge in [-0.05, 0) is 30.7 Å². The first kappa shape index (κ1) is 13.5. The summed E-state index contributed by atoms with van der Waals surface area (Å²) in [6, 6.07) is 5.94. The van der Waals surface area contributed by atoms with E-state index in [1.807, 2.05) is 29.8 Å². The summed E-state index contributed by atoms with van der Waals surface area (Å²) in [7, 11) is 1.93. The minimum Gasteiger partial charge on any atom is -0.319 e. The molecule has 6 heteroatoms. The number of nitrogens with one attached hydrogen (secondary N) is 1. The molecular formula is C12H14BrClN4. The first-order valence-electron chi connectivity index (χ1n) is 5.59. The summed E-state index contributed by atoms with van der Waals surface area (Å²) in [5.41, 5.74) is 1.06. The molecule has 0 aliphatic rings. The number of rotatable bonds is 4. The number of benzene rings is 1. The fraction of sp³-hybridized carbons (Fsp3) is 0.333. The summed E-state index contributed by atoms with van der Waals surface area (Å²) < 4.78 is 2.93. The van der Waals surface area contributed by atoms with Crippen LogP contribution in [0.15, 0.2) is 29.0 Å². The van der Waals surface area contributed by atoms with E-state index in [0.717, 1.165) is 20.9 Å². The maximum atomic E-state index is 6.14. The molecular weight excluding hydrogens is 316 g/mol. The average molecular weight is 330 g/mol. The minimum absolute atomic E-state index is 0.118. The van der Waals surface area contributed by atoms with E-state index in [9.17, 15) is 0 Å². The van der Waals surface area contributed by atoms with E-state index >= 15 is 0 Å². The van der Waals surface area contributed by atoms with Crippen molar-refractivity contribution in [2.75, 3.05) is 0 Å². The molecule has 0 spiro atoms. The summed E-state index contributed by atoms with van der Waals surface area (Å²) >= 11 is 9.58. The maximum Gasteiger partial charge on any atom is 0.149 e. The van der Waals surface area contributed by atoms with Crippen LogP contribution in [-0.2, 0) is 13.6 Å². The minimum atomic E-state index is 0.118. The molecule has 0 aliphatic heterocycles. The lowest BCUT2D eigenvalue weighted by molar-refractivity contribution is 0.528. The van der Waals surface area contributed by atoms with Gasteiger partial charge < -0.3 is 9.88 Å². The van der Waals surface area contributed by atoms with Crippen molar-refractivity contribution in [3.63, 3.8) is 0 Å². The lowest BCUT2D eigenvalue weighted by Gasteiger charge is -2.13. The molecule has 1 aromatic carbocycles. The van der Waals surface area contributed by atoms with Gasteiger partial charge in [-0.25, -0.2) is 0 Å². The molecule has 0 amide bonds. The average Bonchev–Trinajstić information content (AvgIpc) is 2.76. The first-order valence-corrected chi connectivity index (χ1v) is 6.76. The summed E-state index contributed by atoms with van der Waals surface area (Å²) in [5.74, 6) is 0.904. The predicted octanol–water partition coefficient (Wildman–Crippen LogP) is 3.08. The second-order valence-electron chi connectivity index (χ2n) is 4.14. The number of aryl methyl sites for hydroxylation is 1. The molecule has 0 radical (unpaired) electrons. The van der Waals surface area contributed by atoms with Crippen molar-refractivity contribution in [3.05, 3.63) is 45.4 Å². The van der Waals surface area contributed by atoms with Gasteiger partial charge in [0.05, 0.1) is 6.04 Å². The fourth-order valence-corrected chi connectivity index (χ4v) is 2.31. The molecule has 4 nitrogen and oxygen atoms in total.